The number of hydrogen-bond acceptors (Lipinski definition) is 1. The van der Waals surface area contributed by atoms with Crippen molar-refractivity contribution in [3.05, 3.63) is 34.1 Å². The summed E-state index contributed by atoms with van der Waals surface area (Å²) in [5.74, 6) is 0.818. The molecule has 2 rings (SSSR count). The van der Waals surface area contributed by atoms with Gasteiger partial charge in [0.2, 0.25) is 0 Å². The number of benzene rings is 1. The average Bonchev–Trinajstić information content (AvgIpc) is 2.90. The van der Waals surface area contributed by atoms with Crippen molar-refractivity contribution in [2.24, 2.45) is 5.92 Å². The van der Waals surface area contributed by atoms with E-state index in [1.807, 2.05) is 13.0 Å². The quantitative estimate of drug-likeness (QED) is 0.707. The molecule has 19 heavy (non-hydrogen) atoms. The summed E-state index contributed by atoms with van der Waals surface area (Å²) in [5, 5.41) is 3.43. The summed E-state index contributed by atoms with van der Waals surface area (Å²) < 4.78 is 14.6. The normalized spacial score (nSPS) is 17.8. The molecule has 0 amide bonds. The van der Waals surface area contributed by atoms with Gasteiger partial charge in [0, 0.05) is 16.1 Å². The van der Waals surface area contributed by atoms with Gasteiger partial charge in [-0.05, 0) is 50.4 Å². The maximum absolute atomic E-state index is 13.7. The Morgan fingerprint density at radius 2 is 2.11 bits per heavy atom. The van der Waals surface area contributed by atoms with Crippen LogP contribution in [0.25, 0.3) is 0 Å². The predicted octanol–water partition coefficient (Wildman–Crippen LogP) is 5.21. The first kappa shape index (κ1) is 15.0. The van der Waals surface area contributed by atoms with Crippen LogP contribution in [0.3, 0.4) is 0 Å². The van der Waals surface area contributed by atoms with Crippen LogP contribution in [0.1, 0.15) is 57.1 Å². The van der Waals surface area contributed by atoms with Gasteiger partial charge in [-0.15, -0.1) is 0 Å². The van der Waals surface area contributed by atoms with Gasteiger partial charge in [-0.2, -0.15) is 0 Å². The number of nitrogens with one attached hydrogen (secondary N) is 1. The van der Waals surface area contributed by atoms with Crippen LogP contribution in [-0.2, 0) is 0 Å². The molecule has 1 unspecified atom stereocenters. The van der Waals surface area contributed by atoms with Crippen molar-refractivity contribution >= 4 is 15.9 Å². The zero-order valence-electron chi connectivity index (χ0n) is 11.6. The molecule has 1 aromatic rings. The van der Waals surface area contributed by atoms with Crippen molar-refractivity contribution in [3.8, 4) is 0 Å². The van der Waals surface area contributed by atoms with E-state index in [4.69, 9.17) is 0 Å². The molecule has 1 atom stereocenters. The fourth-order valence-corrected chi connectivity index (χ4v) is 3.34. The van der Waals surface area contributed by atoms with Crippen LogP contribution in [0, 0.1) is 11.7 Å². The minimum absolute atomic E-state index is 0.0704. The van der Waals surface area contributed by atoms with Gasteiger partial charge in [0.1, 0.15) is 5.82 Å². The largest absolute Gasteiger partial charge is 0.310 e. The Morgan fingerprint density at radius 3 is 2.84 bits per heavy atom. The smallest absolute Gasteiger partial charge is 0.128 e. The second-order valence-electron chi connectivity index (χ2n) is 5.63. The second kappa shape index (κ2) is 7.39. The maximum atomic E-state index is 13.7. The molecule has 0 saturated heterocycles. The van der Waals surface area contributed by atoms with Gasteiger partial charge in [-0.1, -0.05) is 41.6 Å². The van der Waals surface area contributed by atoms with Gasteiger partial charge in [-0.3, -0.25) is 0 Å². The van der Waals surface area contributed by atoms with E-state index >= 15 is 0 Å². The van der Waals surface area contributed by atoms with E-state index in [9.17, 15) is 4.39 Å². The highest BCUT2D eigenvalue weighted by atomic mass is 79.9. The Kier molecular flexibility index (Phi) is 5.83. The molecule has 3 heteroatoms. The molecule has 0 aromatic heterocycles. The molecular weight excluding hydrogens is 305 g/mol. The monoisotopic (exact) mass is 327 g/mol. The third-order valence-electron chi connectivity index (χ3n) is 4.14. The minimum atomic E-state index is -0.126. The van der Waals surface area contributed by atoms with Crippen LogP contribution in [0.2, 0.25) is 0 Å². The highest BCUT2D eigenvalue weighted by Crippen LogP contribution is 2.28. The highest BCUT2D eigenvalue weighted by Gasteiger charge is 2.15. The SMILES string of the molecule is CC(NCCCC1CCCC1)c1cc(Br)ccc1F. The first-order valence-electron chi connectivity index (χ1n) is 7.35. The standard InChI is InChI=1S/C16H23BrFN/c1-12(15-11-14(17)8-9-16(15)18)19-10-4-7-13-5-2-3-6-13/h8-9,11-13,19H,2-7,10H2,1H3. The molecule has 1 aliphatic rings. The molecule has 1 saturated carbocycles. The highest BCUT2D eigenvalue weighted by molar-refractivity contribution is 9.10. The third-order valence-corrected chi connectivity index (χ3v) is 4.63. The topological polar surface area (TPSA) is 12.0 Å². The molecule has 106 valence electrons. The van der Waals surface area contributed by atoms with Crippen molar-refractivity contribution < 1.29 is 4.39 Å². The first-order valence-corrected chi connectivity index (χ1v) is 8.14. The fraction of sp³-hybridized carbons (Fsp3) is 0.625. The van der Waals surface area contributed by atoms with Crippen molar-refractivity contribution in [2.75, 3.05) is 6.54 Å². The van der Waals surface area contributed by atoms with Crippen molar-refractivity contribution in [3.63, 3.8) is 0 Å². The third kappa shape index (κ3) is 4.57. The Morgan fingerprint density at radius 1 is 1.37 bits per heavy atom. The molecule has 0 aliphatic heterocycles. The molecule has 1 aromatic carbocycles. The van der Waals surface area contributed by atoms with E-state index in [1.54, 1.807) is 6.07 Å². The van der Waals surface area contributed by atoms with Crippen LogP contribution in [0.4, 0.5) is 4.39 Å². The van der Waals surface area contributed by atoms with Crippen LogP contribution >= 0.6 is 15.9 Å². The van der Waals surface area contributed by atoms with Crippen molar-refractivity contribution in [1.29, 1.82) is 0 Å². The van der Waals surface area contributed by atoms with Crippen LogP contribution < -0.4 is 5.32 Å². The van der Waals surface area contributed by atoms with Crippen LogP contribution in [-0.4, -0.2) is 6.54 Å². The summed E-state index contributed by atoms with van der Waals surface area (Å²) >= 11 is 3.40. The molecule has 0 bridgehead atoms. The lowest BCUT2D eigenvalue weighted by molar-refractivity contribution is 0.451. The number of halogens is 2. The molecule has 0 spiro atoms. The Bertz CT molecular complexity index is 402. The zero-order chi connectivity index (χ0) is 13.7. The van der Waals surface area contributed by atoms with E-state index in [1.165, 1.54) is 44.6 Å². The van der Waals surface area contributed by atoms with Crippen molar-refractivity contribution in [1.82, 2.24) is 5.32 Å². The van der Waals surface area contributed by atoms with Gasteiger partial charge in [0.15, 0.2) is 0 Å². The second-order valence-corrected chi connectivity index (χ2v) is 6.55. The Labute approximate surface area is 124 Å². The summed E-state index contributed by atoms with van der Waals surface area (Å²) in [6.45, 7) is 3.00. The first-order chi connectivity index (χ1) is 9.16. The Balaban J connectivity index is 1.74. The molecule has 0 radical (unpaired) electrons. The number of rotatable bonds is 6. The molecule has 0 heterocycles. The summed E-state index contributed by atoms with van der Waals surface area (Å²) in [4.78, 5) is 0. The average molecular weight is 328 g/mol. The molecule has 1 fully saturated rings. The predicted molar refractivity (Wildman–Crippen MR) is 81.7 cm³/mol. The van der Waals surface area contributed by atoms with Crippen LogP contribution in [0.15, 0.2) is 22.7 Å². The van der Waals surface area contributed by atoms with Gasteiger partial charge < -0.3 is 5.32 Å². The maximum Gasteiger partial charge on any atom is 0.128 e. The van der Waals surface area contributed by atoms with E-state index in [0.717, 1.165) is 22.5 Å². The summed E-state index contributed by atoms with van der Waals surface area (Å²) in [6, 6.07) is 5.20. The van der Waals surface area contributed by atoms with E-state index < -0.39 is 0 Å². The van der Waals surface area contributed by atoms with Gasteiger partial charge in [0.05, 0.1) is 0 Å². The molecule has 1 aliphatic carbocycles. The lowest BCUT2D eigenvalue weighted by Crippen LogP contribution is -2.21. The summed E-state index contributed by atoms with van der Waals surface area (Å²) in [6.07, 6.45) is 8.17. The van der Waals surface area contributed by atoms with Crippen molar-refractivity contribution in [2.45, 2.75) is 51.5 Å². The molecule has 1 nitrogen and oxygen atoms in total. The minimum Gasteiger partial charge on any atom is -0.310 e. The van der Waals surface area contributed by atoms with E-state index in [0.29, 0.717) is 0 Å². The fourth-order valence-electron chi connectivity index (χ4n) is 2.96. The van der Waals surface area contributed by atoms with Gasteiger partial charge >= 0.3 is 0 Å². The Hall–Kier alpha value is -0.410. The van der Waals surface area contributed by atoms with Crippen LogP contribution in [0.5, 0.6) is 0 Å². The molecule has 1 N–H and O–H groups in total. The summed E-state index contributed by atoms with van der Waals surface area (Å²) in [5.41, 5.74) is 0.746. The zero-order valence-corrected chi connectivity index (χ0v) is 13.2. The lowest BCUT2D eigenvalue weighted by atomic mass is 10.0. The molecular formula is C16H23BrFN. The lowest BCUT2D eigenvalue weighted by Gasteiger charge is -2.16. The van der Waals surface area contributed by atoms with E-state index in [-0.39, 0.29) is 11.9 Å². The van der Waals surface area contributed by atoms with Gasteiger partial charge in [-0.25, -0.2) is 4.39 Å². The van der Waals surface area contributed by atoms with E-state index in [2.05, 4.69) is 21.2 Å². The number of hydrogen-bond donors (Lipinski definition) is 1. The summed E-state index contributed by atoms with van der Waals surface area (Å²) in [7, 11) is 0. The van der Waals surface area contributed by atoms with Gasteiger partial charge in [0.25, 0.3) is 0 Å².